The fourth-order valence-corrected chi connectivity index (χ4v) is 5.92. The summed E-state index contributed by atoms with van der Waals surface area (Å²) >= 11 is 6.23. The van der Waals surface area contributed by atoms with Gasteiger partial charge in [0.25, 0.3) is 10.0 Å². The number of amides is 1. The first-order chi connectivity index (χ1) is 17.4. The standard InChI is InChI=1S/C25H28ClN3O6S2/c1-19-23(26)10-7-11-24(19)29(37(33,34)21-8-5-4-6-9-21)18-25(30)27-16-17-35-20-12-14-22(15-13-20)36(31,32)28(2)3/h4-15H,16-18H2,1-3H3,(H,27,30). The van der Waals surface area contributed by atoms with Crippen LogP contribution >= 0.6 is 11.6 Å². The van der Waals surface area contributed by atoms with E-state index < -0.39 is 32.5 Å². The molecule has 0 saturated carbocycles. The maximum atomic E-state index is 13.4. The molecule has 3 aromatic rings. The molecule has 0 heterocycles. The molecule has 1 amide bonds. The smallest absolute Gasteiger partial charge is 0.264 e. The number of carbonyl (C=O) groups is 1. The van der Waals surface area contributed by atoms with Crippen LogP contribution in [0.4, 0.5) is 5.69 Å². The molecule has 9 nitrogen and oxygen atoms in total. The van der Waals surface area contributed by atoms with Crippen molar-refractivity contribution < 1.29 is 26.4 Å². The molecule has 0 aliphatic heterocycles. The first-order valence-corrected chi connectivity index (χ1v) is 14.5. The van der Waals surface area contributed by atoms with Gasteiger partial charge in [0.1, 0.15) is 18.9 Å². The van der Waals surface area contributed by atoms with Gasteiger partial charge in [0, 0.05) is 19.1 Å². The number of anilines is 1. The third kappa shape index (κ3) is 6.80. The lowest BCUT2D eigenvalue weighted by Crippen LogP contribution is -2.42. The molecule has 12 heteroatoms. The topological polar surface area (TPSA) is 113 Å². The Morgan fingerprint density at radius 1 is 0.865 bits per heavy atom. The Balaban J connectivity index is 1.67. The molecule has 0 aliphatic rings. The molecule has 0 fully saturated rings. The van der Waals surface area contributed by atoms with Crippen molar-refractivity contribution in [3.05, 3.63) is 83.4 Å². The van der Waals surface area contributed by atoms with Crippen molar-refractivity contribution >= 4 is 43.2 Å². The summed E-state index contributed by atoms with van der Waals surface area (Å²) in [4.78, 5) is 12.9. The SMILES string of the molecule is Cc1c(Cl)cccc1N(CC(=O)NCCOc1ccc(S(=O)(=O)N(C)C)cc1)S(=O)(=O)c1ccccc1. The van der Waals surface area contributed by atoms with E-state index in [2.05, 4.69) is 5.32 Å². The third-order valence-electron chi connectivity index (χ3n) is 5.42. The molecule has 0 bridgehead atoms. The number of benzene rings is 3. The van der Waals surface area contributed by atoms with Crippen LogP contribution in [0.3, 0.4) is 0 Å². The van der Waals surface area contributed by atoms with Gasteiger partial charge in [0.05, 0.1) is 22.0 Å². The highest BCUT2D eigenvalue weighted by Crippen LogP contribution is 2.30. The van der Waals surface area contributed by atoms with Crippen LogP contribution in [0.1, 0.15) is 5.56 Å². The van der Waals surface area contributed by atoms with Gasteiger partial charge in [-0.2, -0.15) is 0 Å². The summed E-state index contributed by atoms with van der Waals surface area (Å²) in [5, 5.41) is 3.03. The number of nitrogens with zero attached hydrogens (tertiary/aromatic N) is 2. The lowest BCUT2D eigenvalue weighted by atomic mass is 10.2. The van der Waals surface area contributed by atoms with E-state index in [-0.39, 0.29) is 22.9 Å². The van der Waals surface area contributed by atoms with Crippen LogP contribution in [0.25, 0.3) is 0 Å². The molecular formula is C25H28ClN3O6S2. The maximum absolute atomic E-state index is 13.4. The number of sulfonamides is 2. The second-order valence-electron chi connectivity index (χ2n) is 8.17. The number of hydrogen-bond acceptors (Lipinski definition) is 6. The van der Waals surface area contributed by atoms with E-state index in [1.807, 2.05) is 0 Å². The summed E-state index contributed by atoms with van der Waals surface area (Å²) in [5.74, 6) is -0.107. The Morgan fingerprint density at radius 2 is 1.49 bits per heavy atom. The van der Waals surface area contributed by atoms with Crippen LogP contribution in [0.2, 0.25) is 5.02 Å². The maximum Gasteiger partial charge on any atom is 0.264 e. The molecule has 0 saturated heterocycles. The fraction of sp³-hybridized carbons (Fsp3) is 0.240. The predicted molar refractivity (Wildman–Crippen MR) is 143 cm³/mol. The molecule has 37 heavy (non-hydrogen) atoms. The molecule has 3 rings (SSSR count). The Bertz CT molecular complexity index is 1450. The van der Waals surface area contributed by atoms with Gasteiger partial charge in [-0.1, -0.05) is 35.9 Å². The van der Waals surface area contributed by atoms with Crippen molar-refractivity contribution in [3.8, 4) is 5.75 Å². The molecule has 0 unspecified atom stereocenters. The largest absolute Gasteiger partial charge is 0.492 e. The van der Waals surface area contributed by atoms with Crippen LogP contribution in [0.15, 0.2) is 82.6 Å². The summed E-state index contributed by atoms with van der Waals surface area (Å²) in [6.45, 7) is 1.42. The number of carbonyl (C=O) groups excluding carboxylic acids is 1. The number of halogens is 1. The van der Waals surface area contributed by atoms with Gasteiger partial charge in [-0.3, -0.25) is 9.10 Å². The average molecular weight is 566 g/mol. The summed E-state index contributed by atoms with van der Waals surface area (Å²) in [6.07, 6.45) is 0. The molecule has 3 aromatic carbocycles. The van der Waals surface area contributed by atoms with E-state index in [1.165, 1.54) is 50.5 Å². The van der Waals surface area contributed by atoms with Crippen molar-refractivity contribution in [2.75, 3.05) is 38.1 Å². The summed E-state index contributed by atoms with van der Waals surface area (Å²) in [5.41, 5.74) is 0.829. The minimum atomic E-state index is -4.05. The van der Waals surface area contributed by atoms with E-state index in [1.54, 1.807) is 43.3 Å². The zero-order valence-corrected chi connectivity index (χ0v) is 23.0. The molecule has 198 valence electrons. The number of hydrogen-bond donors (Lipinski definition) is 1. The van der Waals surface area contributed by atoms with E-state index in [0.717, 1.165) is 8.61 Å². The van der Waals surface area contributed by atoms with Crippen LogP contribution in [0.5, 0.6) is 5.75 Å². The second-order valence-corrected chi connectivity index (χ2v) is 12.6. The van der Waals surface area contributed by atoms with Crippen molar-refractivity contribution in [1.29, 1.82) is 0 Å². The van der Waals surface area contributed by atoms with Crippen molar-refractivity contribution in [2.45, 2.75) is 16.7 Å². The van der Waals surface area contributed by atoms with E-state index in [9.17, 15) is 21.6 Å². The lowest BCUT2D eigenvalue weighted by molar-refractivity contribution is -0.119. The highest BCUT2D eigenvalue weighted by molar-refractivity contribution is 7.92. The van der Waals surface area contributed by atoms with Crippen LogP contribution in [-0.4, -0.2) is 60.8 Å². The number of nitrogens with one attached hydrogen (secondary N) is 1. The van der Waals surface area contributed by atoms with Crippen LogP contribution < -0.4 is 14.4 Å². The molecule has 0 aromatic heterocycles. The highest BCUT2D eigenvalue weighted by Gasteiger charge is 2.28. The monoisotopic (exact) mass is 565 g/mol. The number of ether oxygens (including phenoxy) is 1. The van der Waals surface area contributed by atoms with Gasteiger partial charge in [-0.05, 0) is 61.0 Å². The van der Waals surface area contributed by atoms with Crippen molar-refractivity contribution in [3.63, 3.8) is 0 Å². The van der Waals surface area contributed by atoms with Gasteiger partial charge in [0.15, 0.2) is 0 Å². The van der Waals surface area contributed by atoms with E-state index >= 15 is 0 Å². The minimum absolute atomic E-state index is 0.0465. The first-order valence-electron chi connectivity index (χ1n) is 11.2. The lowest BCUT2D eigenvalue weighted by Gasteiger charge is -2.26. The summed E-state index contributed by atoms with van der Waals surface area (Å²) in [6, 6.07) is 18.6. The third-order valence-corrected chi connectivity index (χ3v) is 9.43. The minimum Gasteiger partial charge on any atom is -0.492 e. The fourth-order valence-electron chi connectivity index (χ4n) is 3.35. The quantitative estimate of drug-likeness (QED) is 0.357. The Hall–Kier alpha value is -3.12. The molecular weight excluding hydrogens is 538 g/mol. The zero-order chi connectivity index (χ0) is 27.2. The summed E-state index contributed by atoms with van der Waals surface area (Å²) in [7, 11) is -4.70. The van der Waals surface area contributed by atoms with Gasteiger partial charge in [0.2, 0.25) is 15.9 Å². The van der Waals surface area contributed by atoms with Crippen molar-refractivity contribution in [1.82, 2.24) is 9.62 Å². The molecule has 0 spiro atoms. The average Bonchev–Trinajstić information content (AvgIpc) is 2.87. The second kappa shape index (κ2) is 12.0. The molecule has 0 aliphatic carbocycles. The zero-order valence-electron chi connectivity index (χ0n) is 20.6. The Labute approximate surface area is 222 Å². The first kappa shape index (κ1) is 28.5. The van der Waals surface area contributed by atoms with Crippen molar-refractivity contribution in [2.24, 2.45) is 0 Å². The highest BCUT2D eigenvalue weighted by atomic mass is 35.5. The Morgan fingerprint density at radius 3 is 2.11 bits per heavy atom. The van der Waals surface area contributed by atoms with Gasteiger partial charge in [-0.25, -0.2) is 21.1 Å². The number of rotatable bonds is 11. The Kier molecular flexibility index (Phi) is 9.19. The van der Waals surface area contributed by atoms with E-state index in [0.29, 0.717) is 22.0 Å². The summed E-state index contributed by atoms with van der Waals surface area (Å²) < 4.78 is 58.9. The van der Waals surface area contributed by atoms with Gasteiger partial charge in [-0.15, -0.1) is 0 Å². The molecule has 0 atom stereocenters. The normalized spacial score (nSPS) is 11.8. The van der Waals surface area contributed by atoms with Gasteiger partial charge < -0.3 is 10.1 Å². The van der Waals surface area contributed by atoms with Gasteiger partial charge >= 0.3 is 0 Å². The van der Waals surface area contributed by atoms with Crippen LogP contribution in [-0.2, 0) is 24.8 Å². The molecule has 0 radical (unpaired) electrons. The van der Waals surface area contributed by atoms with Crippen LogP contribution in [0, 0.1) is 6.92 Å². The predicted octanol–water partition coefficient (Wildman–Crippen LogP) is 3.29. The van der Waals surface area contributed by atoms with E-state index in [4.69, 9.17) is 16.3 Å². The molecule has 1 N–H and O–H groups in total.